The van der Waals surface area contributed by atoms with E-state index in [1.807, 2.05) is 23.1 Å². The first-order valence-corrected chi connectivity index (χ1v) is 12.8. The van der Waals surface area contributed by atoms with Crippen LogP contribution in [0, 0.1) is 12.8 Å². The van der Waals surface area contributed by atoms with Crippen LogP contribution in [0.1, 0.15) is 35.7 Å². The van der Waals surface area contributed by atoms with E-state index in [0.29, 0.717) is 22.7 Å². The number of sulfonamides is 1. The number of likely N-dealkylation sites (tertiary alicyclic amines) is 1. The molecule has 2 heterocycles. The first-order valence-electron chi connectivity index (χ1n) is 11.3. The molecule has 2 aliphatic heterocycles. The average Bonchev–Trinajstić information content (AvgIpc) is 2.79. The molecule has 4 rings (SSSR count). The number of carbonyl (C=O) groups excluding carboxylic acids is 1. The molecule has 1 unspecified atom stereocenters. The van der Waals surface area contributed by atoms with Gasteiger partial charge >= 0.3 is 0 Å². The lowest BCUT2D eigenvalue weighted by molar-refractivity contribution is 0.0683. The molecule has 7 nitrogen and oxygen atoms in total. The van der Waals surface area contributed by atoms with Crippen LogP contribution in [-0.2, 0) is 10.0 Å². The fourth-order valence-electron chi connectivity index (χ4n) is 4.55. The van der Waals surface area contributed by atoms with Gasteiger partial charge in [0.1, 0.15) is 0 Å². The molecule has 0 aromatic heterocycles. The fraction of sp³-hybridized carbons (Fsp3) is 0.458. The summed E-state index contributed by atoms with van der Waals surface area (Å²) in [5, 5.41) is 3.32. The SMILES string of the molecule is Cc1ccccc1S(=O)(=O)Nc1cc(C(=O)N2CCCC(C)C2)ccc1N1CCNCC1. The monoisotopic (exact) mass is 456 g/mol. The number of aryl methyl sites for hydroxylation is 1. The molecule has 172 valence electrons. The zero-order chi connectivity index (χ0) is 22.7. The van der Waals surface area contributed by atoms with E-state index in [4.69, 9.17) is 0 Å². The quantitative estimate of drug-likeness (QED) is 0.723. The Hall–Kier alpha value is -2.58. The number of nitrogens with zero attached hydrogens (tertiary/aromatic N) is 2. The first kappa shape index (κ1) is 22.6. The number of amides is 1. The first-order chi connectivity index (χ1) is 15.3. The van der Waals surface area contributed by atoms with Crippen molar-refractivity contribution in [2.45, 2.75) is 31.6 Å². The molecule has 2 fully saturated rings. The van der Waals surface area contributed by atoms with Crippen molar-refractivity contribution in [1.29, 1.82) is 0 Å². The second-order valence-electron chi connectivity index (χ2n) is 8.84. The van der Waals surface area contributed by atoms with Crippen molar-refractivity contribution in [2.24, 2.45) is 5.92 Å². The molecule has 1 atom stereocenters. The Balaban J connectivity index is 1.69. The fourth-order valence-corrected chi connectivity index (χ4v) is 5.86. The number of carbonyl (C=O) groups is 1. The molecule has 0 saturated carbocycles. The van der Waals surface area contributed by atoms with Crippen molar-refractivity contribution in [1.82, 2.24) is 10.2 Å². The van der Waals surface area contributed by atoms with Gasteiger partial charge in [-0.1, -0.05) is 25.1 Å². The number of anilines is 2. The van der Waals surface area contributed by atoms with E-state index in [1.165, 1.54) is 0 Å². The van der Waals surface area contributed by atoms with Crippen LogP contribution < -0.4 is 14.9 Å². The van der Waals surface area contributed by atoms with Crippen molar-refractivity contribution in [3.05, 3.63) is 53.6 Å². The smallest absolute Gasteiger partial charge is 0.262 e. The van der Waals surface area contributed by atoms with E-state index in [9.17, 15) is 13.2 Å². The van der Waals surface area contributed by atoms with E-state index in [2.05, 4.69) is 21.9 Å². The molecular weight excluding hydrogens is 424 g/mol. The van der Waals surface area contributed by atoms with Crippen LogP contribution in [0.2, 0.25) is 0 Å². The van der Waals surface area contributed by atoms with Crippen molar-refractivity contribution >= 4 is 27.3 Å². The third kappa shape index (κ3) is 4.91. The summed E-state index contributed by atoms with van der Waals surface area (Å²) in [7, 11) is -3.80. The zero-order valence-electron chi connectivity index (χ0n) is 18.8. The third-order valence-electron chi connectivity index (χ3n) is 6.27. The van der Waals surface area contributed by atoms with E-state index >= 15 is 0 Å². The lowest BCUT2D eigenvalue weighted by Crippen LogP contribution is -2.44. The van der Waals surface area contributed by atoms with Gasteiger partial charge in [-0.2, -0.15) is 0 Å². The molecule has 0 spiro atoms. The topological polar surface area (TPSA) is 81.8 Å². The van der Waals surface area contributed by atoms with Crippen molar-refractivity contribution < 1.29 is 13.2 Å². The summed E-state index contributed by atoms with van der Waals surface area (Å²) in [4.78, 5) is 17.5. The minimum atomic E-state index is -3.80. The Morgan fingerprint density at radius 3 is 2.56 bits per heavy atom. The Labute approximate surface area is 190 Å². The molecule has 8 heteroatoms. The van der Waals surface area contributed by atoms with Crippen molar-refractivity contribution in [2.75, 3.05) is 48.9 Å². The molecule has 0 radical (unpaired) electrons. The van der Waals surface area contributed by atoms with Crippen LogP contribution >= 0.6 is 0 Å². The van der Waals surface area contributed by atoms with Gasteiger partial charge in [-0.15, -0.1) is 0 Å². The summed E-state index contributed by atoms with van der Waals surface area (Å²) in [6.45, 7) is 8.63. The number of rotatable bonds is 5. The highest BCUT2D eigenvalue weighted by Gasteiger charge is 2.25. The standard InChI is InChI=1S/C24H32N4O3S/c1-18-6-5-13-28(17-18)24(29)20-9-10-22(27-14-11-25-12-15-27)21(16-20)26-32(30,31)23-8-4-3-7-19(23)2/h3-4,7-10,16,18,25-26H,5-6,11-15,17H2,1-2H3. The van der Waals surface area contributed by atoms with Crippen LogP contribution in [0.4, 0.5) is 11.4 Å². The van der Waals surface area contributed by atoms with Crippen LogP contribution in [-0.4, -0.2) is 58.5 Å². The molecule has 2 aromatic carbocycles. The van der Waals surface area contributed by atoms with Gasteiger partial charge in [-0.25, -0.2) is 8.42 Å². The van der Waals surface area contributed by atoms with E-state index in [1.54, 1.807) is 31.2 Å². The van der Waals surface area contributed by atoms with E-state index < -0.39 is 10.0 Å². The summed E-state index contributed by atoms with van der Waals surface area (Å²) in [6, 6.07) is 12.3. The Morgan fingerprint density at radius 2 is 1.84 bits per heavy atom. The third-order valence-corrected chi connectivity index (χ3v) is 7.80. The molecule has 2 aliphatic rings. The highest BCUT2D eigenvalue weighted by molar-refractivity contribution is 7.92. The van der Waals surface area contributed by atoms with Crippen LogP contribution in [0.3, 0.4) is 0 Å². The van der Waals surface area contributed by atoms with Gasteiger partial charge in [-0.05, 0) is 55.5 Å². The zero-order valence-corrected chi connectivity index (χ0v) is 19.6. The van der Waals surface area contributed by atoms with Crippen LogP contribution in [0.15, 0.2) is 47.4 Å². The largest absolute Gasteiger partial charge is 0.367 e. The minimum absolute atomic E-state index is 0.0419. The molecule has 2 saturated heterocycles. The highest BCUT2D eigenvalue weighted by atomic mass is 32.2. The maximum Gasteiger partial charge on any atom is 0.262 e. The Bertz CT molecular complexity index is 1080. The van der Waals surface area contributed by atoms with Gasteiger partial charge in [0.05, 0.1) is 16.3 Å². The van der Waals surface area contributed by atoms with Gasteiger partial charge in [0.25, 0.3) is 15.9 Å². The number of hydrogen-bond acceptors (Lipinski definition) is 5. The predicted molar refractivity (Wildman–Crippen MR) is 128 cm³/mol. The minimum Gasteiger partial charge on any atom is -0.367 e. The summed E-state index contributed by atoms with van der Waals surface area (Å²) in [5.74, 6) is 0.437. The summed E-state index contributed by atoms with van der Waals surface area (Å²) in [6.07, 6.45) is 2.13. The summed E-state index contributed by atoms with van der Waals surface area (Å²) >= 11 is 0. The van der Waals surface area contributed by atoms with Crippen molar-refractivity contribution in [3.8, 4) is 0 Å². The molecule has 0 aliphatic carbocycles. The number of piperazine rings is 1. The maximum absolute atomic E-state index is 13.2. The van der Waals surface area contributed by atoms with Gasteiger partial charge < -0.3 is 15.1 Å². The van der Waals surface area contributed by atoms with Gasteiger partial charge in [0, 0.05) is 44.8 Å². The second-order valence-corrected chi connectivity index (χ2v) is 10.5. The van der Waals surface area contributed by atoms with Crippen LogP contribution in [0.25, 0.3) is 0 Å². The van der Waals surface area contributed by atoms with Gasteiger partial charge in [0.15, 0.2) is 0 Å². The number of benzene rings is 2. The summed E-state index contributed by atoms with van der Waals surface area (Å²) < 4.78 is 29.3. The lowest BCUT2D eigenvalue weighted by Gasteiger charge is -2.33. The molecule has 2 aromatic rings. The predicted octanol–water partition coefficient (Wildman–Crippen LogP) is 3.08. The molecule has 0 bridgehead atoms. The van der Waals surface area contributed by atoms with E-state index in [-0.39, 0.29) is 10.8 Å². The molecule has 2 N–H and O–H groups in total. The molecular formula is C24H32N4O3S. The Morgan fingerprint density at radius 1 is 1.09 bits per heavy atom. The van der Waals surface area contributed by atoms with Gasteiger partial charge in [0.2, 0.25) is 0 Å². The number of piperidine rings is 1. The number of nitrogens with one attached hydrogen (secondary N) is 2. The summed E-state index contributed by atoms with van der Waals surface area (Å²) in [5.41, 5.74) is 2.44. The second kappa shape index (κ2) is 9.50. The van der Waals surface area contributed by atoms with E-state index in [0.717, 1.165) is 57.8 Å². The lowest BCUT2D eigenvalue weighted by atomic mass is 9.99. The molecule has 32 heavy (non-hydrogen) atoms. The van der Waals surface area contributed by atoms with Crippen LogP contribution in [0.5, 0.6) is 0 Å². The normalized spacial score (nSPS) is 19.6. The maximum atomic E-state index is 13.2. The number of hydrogen-bond donors (Lipinski definition) is 2. The highest BCUT2D eigenvalue weighted by Crippen LogP contribution is 2.31. The Kier molecular flexibility index (Phi) is 6.71. The van der Waals surface area contributed by atoms with Crippen molar-refractivity contribution in [3.63, 3.8) is 0 Å². The molecule has 1 amide bonds. The average molecular weight is 457 g/mol. The van der Waals surface area contributed by atoms with Gasteiger partial charge in [-0.3, -0.25) is 9.52 Å².